The van der Waals surface area contributed by atoms with Gasteiger partial charge < -0.3 is 9.64 Å². The minimum atomic E-state index is -4.35. The van der Waals surface area contributed by atoms with Gasteiger partial charge in [0.25, 0.3) is 0 Å². The van der Waals surface area contributed by atoms with Gasteiger partial charge in [0.15, 0.2) is 0 Å². The van der Waals surface area contributed by atoms with E-state index in [0.717, 1.165) is 11.3 Å². The van der Waals surface area contributed by atoms with E-state index in [-0.39, 0.29) is 13.2 Å². The molecule has 0 radical (unpaired) electrons. The molecule has 0 saturated carbocycles. The molecule has 1 fully saturated rings. The van der Waals surface area contributed by atoms with Crippen molar-refractivity contribution in [2.75, 3.05) is 31.6 Å². The van der Waals surface area contributed by atoms with E-state index in [0.29, 0.717) is 18.4 Å². The first kappa shape index (κ1) is 14.8. The Kier molecular flexibility index (Phi) is 5.72. The lowest BCUT2D eigenvalue weighted by Gasteiger charge is -2.29. The van der Waals surface area contributed by atoms with Gasteiger partial charge in [-0.25, -0.2) is 0 Å². The third-order valence-electron chi connectivity index (χ3n) is 2.55. The lowest BCUT2D eigenvalue weighted by molar-refractivity contribution is -0.165. The predicted molar refractivity (Wildman–Crippen MR) is 60.0 cm³/mol. The molecule has 17 heavy (non-hydrogen) atoms. The summed E-state index contributed by atoms with van der Waals surface area (Å²) in [6.07, 6.45) is -3.02. The van der Waals surface area contributed by atoms with E-state index >= 15 is 0 Å². The average Bonchev–Trinajstić information content (AvgIpc) is 2.27. The zero-order valence-corrected chi connectivity index (χ0v) is 10.9. The van der Waals surface area contributed by atoms with Gasteiger partial charge in [0.2, 0.25) is 5.91 Å². The molecular weight excluding hydrogens is 303 g/mol. The van der Waals surface area contributed by atoms with Crippen LogP contribution in [0.5, 0.6) is 0 Å². The summed E-state index contributed by atoms with van der Waals surface area (Å²) in [6, 6.07) is 0. The van der Waals surface area contributed by atoms with Crippen LogP contribution in [0.2, 0.25) is 0 Å². The number of hydrogen-bond donors (Lipinski definition) is 0. The Labute approximate surface area is 106 Å². The molecule has 0 aliphatic carbocycles. The molecule has 0 spiro atoms. The van der Waals surface area contributed by atoms with Crippen LogP contribution < -0.4 is 0 Å². The van der Waals surface area contributed by atoms with Crippen molar-refractivity contribution in [3.63, 3.8) is 0 Å². The lowest BCUT2D eigenvalue weighted by Crippen LogP contribution is -2.45. The Morgan fingerprint density at radius 2 is 2.18 bits per heavy atom. The first-order valence-electron chi connectivity index (χ1n) is 5.43. The van der Waals surface area contributed by atoms with Gasteiger partial charge in [-0.15, -0.1) is 0 Å². The van der Waals surface area contributed by atoms with Crippen LogP contribution in [0.4, 0.5) is 13.2 Å². The van der Waals surface area contributed by atoms with Gasteiger partial charge in [-0.3, -0.25) is 4.79 Å². The molecule has 0 aromatic carbocycles. The standard InChI is InChI=1S/C10H15BrF3NO2/c11-3-4-15(7-10(12,13)14)9(16)8-2-1-5-17-6-8/h8H,1-7H2. The summed E-state index contributed by atoms with van der Waals surface area (Å²) in [7, 11) is 0. The highest BCUT2D eigenvalue weighted by Gasteiger charge is 2.35. The zero-order chi connectivity index (χ0) is 12.9. The number of alkyl halides is 4. The molecule has 0 bridgehead atoms. The number of halogens is 4. The molecule has 1 amide bonds. The van der Waals surface area contributed by atoms with Crippen LogP contribution >= 0.6 is 15.9 Å². The quantitative estimate of drug-likeness (QED) is 0.744. The van der Waals surface area contributed by atoms with Gasteiger partial charge in [0.1, 0.15) is 6.54 Å². The van der Waals surface area contributed by atoms with E-state index in [2.05, 4.69) is 15.9 Å². The molecule has 1 aliphatic rings. The monoisotopic (exact) mass is 317 g/mol. The molecule has 1 rings (SSSR count). The van der Waals surface area contributed by atoms with Crippen molar-refractivity contribution in [1.82, 2.24) is 4.90 Å². The lowest BCUT2D eigenvalue weighted by atomic mass is 10.0. The Morgan fingerprint density at radius 3 is 2.65 bits per heavy atom. The number of rotatable bonds is 4. The second-order valence-electron chi connectivity index (χ2n) is 3.98. The number of amides is 1. The van der Waals surface area contributed by atoms with Crippen LogP contribution in [0.3, 0.4) is 0 Å². The summed E-state index contributed by atoms with van der Waals surface area (Å²) in [5, 5.41) is 0.336. The van der Waals surface area contributed by atoms with Crippen molar-refractivity contribution in [3.05, 3.63) is 0 Å². The van der Waals surface area contributed by atoms with Crippen LogP contribution in [-0.2, 0) is 9.53 Å². The maximum absolute atomic E-state index is 12.3. The molecule has 1 aliphatic heterocycles. The summed E-state index contributed by atoms with van der Waals surface area (Å²) in [6.45, 7) is -0.306. The van der Waals surface area contributed by atoms with Gasteiger partial charge >= 0.3 is 6.18 Å². The van der Waals surface area contributed by atoms with Crippen molar-refractivity contribution in [2.45, 2.75) is 19.0 Å². The number of nitrogens with zero attached hydrogens (tertiary/aromatic N) is 1. The molecule has 7 heteroatoms. The van der Waals surface area contributed by atoms with Crippen molar-refractivity contribution < 1.29 is 22.7 Å². The van der Waals surface area contributed by atoms with Crippen molar-refractivity contribution in [2.24, 2.45) is 5.92 Å². The molecule has 1 heterocycles. The maximum Gasteiger partial charge on any atom is 0.406 e. The fourth-order valence-corrected chi connectivity index (χ4v) is 2.21. The van der Waals surface area contributed by atoms with E-state index < -0.39 is 24.5 Å². The number of carbonyl (C=O) groups is 1. The van der Waals surface area contributed by atoms with Crippen molar-refractivity contribution in [1.29, 1.82) is 0 Å². The van der Waals surface area contributed by atoms with Gasteiger partial charge in [0, 0.05) is 18.5 Å². The second-order valence-corrected chi connectivity index (χ2v) is 4.77. The molecule has 100 valence electrons. The topological polar surface area (TPSA) is 29.5 Å². The van der Waals surface area contributed by atoms with Crippen LogP contribution in [0, 0.1) is 5.92 Å². The fourth-order valence-electron chi connectivity index (χ4n) is 1.78. The Hall–Kier alpha value is -0.300. The molecule has 0 N–H and O–H groups in total. The van der Waals surface area contributed by atoms with E-state index in [1.54, 1.807) is 0 Å². The first-order valence-corrected chi connectivity index (χ1v) is 6.55. The first-order chi connectivity index (χ1) is 7.94. The summed E-state index contributed by atoms with van der Waals surface area (Å²) in [4.78, 5) is 12.7. The Morgan fingerprint density at radius 1 is 1.47 bits per heavy atom. The van der Waals surface area contributed by atoms with Crippen LogP contribution in [0.15, 0.2) is 0 Å². The third kappa shape index (κ3) is 5.25. The number of ether oxygens (including phenoxy) is 1. The van der Waals surface area contributed by atoms with Gasteiger partial charge in [-0.1, -0.05) is 15.9 Å². The predicted octanol–water partition coefficient (Wildman–Crippen LogP) is 2.20. The van der Waals surface area contributed by atoms with Gasteiger partial charge in [-0.05, 0) is 12.8 Å². The average molecular weight is 318 g/mol. The Bertz CT molecular complexity index is 254. The van der Waals surface area contributed by atoms with E-state index in [1.165, 1.54) is 0 Å². The largest absolute Gasteiger partial charge is 0.406 e. The highest BCUT2D eigenvalue weighted by atomic mass is 79.9. The van der Waals surface area contributed by atoms with E-state index in [4.69, 9.17) is 4.74 Å². The van der Waals surface area contributed by atoms with E-state index in [9.17, 15) is 18.0 Å². The molecule has 1 atom stereocenters. The smallest absolute Gasteiger partial charge is 0.381 e. The fraction of sp³-hybridized carbons (Fsp3) is 0.900. The van der Waals surface area contributed by atoms with Gasteiger partial charge in [-0.2, -0.15) is 13.2 Å². The zero-order valence-electron chi connectivity index (χ0n) is 9.30. The number of carbonyl (C=O) groups excluding carboxylic acids is 1. The minimum Gasteiger partial charge on any atom is -0.381 e. The molecular formula is C10H15BrF3NO2. The summed E-state index contributed by atoms with van der Waals surface area (Å²) >= 11 is 3.06. The summed E-state index contributed by atoms with van der Waals surface area (Å²) in [5.74, 6) is -0.883. The van der Waals surface area contributed by atoms with Crippen molar-refractivity contribution in [3.8, 4) is 0 Å². The minimum absolute atomic E-state index is 0.0643. The normalized spacial score (nSPS) is 21.3. The summed E-state index contributed by atoms with van der Waals surface area (Å²) in [5.41, 5.74) is 0. The van der Waals surface area contributed by atoms with Crippen LogP contribution in [-0.4, -0.2) is 48.6 Å². The Balaban J connectivity index is 2.58. The highest BCUT2D eigenvalue weighted by molar-refractivity contribution is 9.09. The highest BCUT2D eigenvalue weighted by Crippen LogP contribution is 2.21. The van der Waals surface area contributed by atoms with E-state index in [1.807, 2.05) is 0 Å². The van der Waals surface area contributed by atoms with Crippen molar-refractivity contribution >= 4 is 21.8 Å². The third-order valence-corrected chi connectivity index (χ3v) is 2.90. The van der Waals surface area contributed by atoms with Crippen LogP contribution in [0.1, 0.15) is 12.8 Å². The van der Waals surface area contributed by atoms with Gasteiger partial charge in [0.05, 0.1) is 12.5 Å². The molecule has 0 aromatic heterocycles. The second kappa shape index (κ2) is 6.58. The summed E-state index contributed by atoms with van der Waals surface area (Å²) < 4.78 is 42.1. The SMILES string of the molecule is O=C(C1CCCOC1)N(CCBr)CC(F)(F)F. The van der Waals surface area contributed by atoms with Crippen LogP contribution in [0.25, 0.3) is 0 Å². The molecule has 1 saturated heterocycles. The molecule has 0 aromatic rings. The number of hydrogen-bond acceptors (Lipinski definition) is 2. The maximum atomic E-state index is 12.3. The molecule has 3 nitrogen and oxygen atoms in total. The molecule has 1 unspecified atom stereocenters.